The maximum absolute atomic E-state index is 11.7. The average Bonchev–Trinajstić information content (AvgIpc) is 2.29. The molecule has 5 heteroatoms. The Morgan fingerprint density at radius 1 is 1.24 bits per heavy atom. The van der Waals surface area contributed by atoms with Gasteiger partial charge in [-0.15, -0.1) is 11.6 Å². The zero-order valence-corrected chi connectivity index (χ0v) is 11.7. The second-order valence-corrected chi connectivity index (χ2v) is 6.24. The highest BCUT2D eigenvalue weighted by Gasteiger charge is 2.12. The van der Waals surface area contributed by atoms with Gasteiger partial charge in [0.2, 0.25) is 10.0 Å². The minimum absolute atomic E-state index is 0.103. The molecule has 0 amide bonds. The van der Waals surface area contributed by atoms with Crippen molar-refractivity contribution in [2.24, 2.45) is 0 Å². The number of sulfonamides is 1. The van der Waals surface area contributed by atoms with Gasteiger partial charge >= 0.3 is 0 Å². The molecule has 1 atom stereocenters. The summed E-state index contributed by atoms with van der Waals surface area (Å²) in [6.45, 7) is 4.18. The van der Waals surface area contributed by atoms with E-state index in [1.165, 1.54) is 0 Å². The minimum atomic E-state index is -3.34. The molecule has 1 rings (SSSR count). The lowest BCUT2D eigenvalue weighted by Gasteiger charge is -2.08. The number of alkyl halides is 1. The lowest BCUT2D eigenvalue weighted by atomic mass is 10.1. The summed E-state index contributed by atoms with van der Waals surface area (Å²) in [7, 11) is -3.34. The third-order valence-corrected chi connectivity index (χ3v) is 4.49. The van der Waals surface area contributed by atoms with Gasteiger partial charge in [-0.25, -0.2) is 13.1 Å². The Kier molecular flexibility index (Phi) is 5.43. The SMILES string of the molecule is CCNS(=O)(=O)c1ccc(CC(Cl)CC)cc1. The summed E-state index contributed by atoms with van der Waals surface area (Å²) in [5.41, 5.74) is 1.06. The van der Waals surface area contributed by atoms with Crippen LogP contribution in [0.25, 0.3) is 0 Å². The fourth-order valence-electron chi connectivity index (χ4n) is 1.48. The van der Waals surface area contributed by atoms with Crippen LogP contribution in [0.4, 0.5) is 0 Å². The van der Waals surface area contributed by atoms with Gasteiger partial charge in [-0.05, 0) is 30.5 Å². The van der Waals surface area contributed by atoms with Crippen LogP contribution in [0, 0.1) is 0 Å². The summed E-state index contributed by atoms with van der Waals surface area (Å²) in [5.74, 6) is 0. The van der Waals surface area contributed by atoms with Gasteiger partial charge in [-0.1, -0.05) is 26.0 Å². The van der Waals surface area contributed by atoms with Gasteiger partial charge in [0.15, 0.2) is 0 Å². The van der Waals surface area contributed by atoms with Crippen molar-refractivity contribution in [2.45, 2.75) is 37.0 Å². The molecule has 0 heterocycles. The fraction of sp³-hybridized carbons (Fsp3) is 0.500. The first-order valence-corrected chi connectivity index (χ1v) is 7.64. The molecule has 1 aromatic carbocycles. The van der Waals surface area contributed by atoms with E-state index in [0.29, 0.717) is 11.4 Å². The molecule has 17 heavy (non-hydrogen) atoms. The van der Waals surface area contributed by atoms with E-state index in [0.717, 1.165) is 18.4 Å². The zero-order chi connectivity index (χ0) is 12.9. The molecule has 0 saturated carbocycles. The number of hydrogen-bond acceptors (Lipinski definition) is 2. The summed E-state index contributed by atoms with van der Waals surface area (Å²) < 4.78 is 25.8. The number of halogens is 1. The Morgan fingerprint density at radius 3 is 2.29 bits per heavy atom. The quantitative estimate of drug-likeness (QED) is 0.811. The molecule has 0 aliphatic heterocycles. The van der Waals surface area contributed by atoms with Crippen LogP contribution in [0.2, 0.25) is 0 Å². The Labute approximate surface area is 108 Å². The Morgan fingerprint density at radius 2 is 1.82 bits per heavy atom. The first-order chi connectivity index (χ1) is 7.99. The highest BCUT2D eigenvalue weighted by Crippen LogP contribution is 2.14. The number of nitrogens with one attached hydrogen (secondary N) is 1. The van der Waals surface area contributed by atoms with Crippen molar-refractivity contribution in [1.29, 1.82) is 0 Å². The molecule has 0 aliphatic rings. The van der Waals surface area contributed by atoms with Crippen molar-refractivity contribution in [3.8, 4) is 0 Å². The van der Waals surface area contributed by atoms with E-state index in [2.05, 4.69) is 4.72 Å². The van der Waals surface area contributed by atoms with Gasteiger partial charge in [0.25, 0.3) is 0 Å². The topological polar surface area (TPSA) is 46.2 Å². The second-order valence-electron chi connectivity index (χ2n) is 3.85. The summed E-state index contributed by atoms with van der Waals surface area (Å²) in [5, 5.41) is 0.103. The van der Waals surface area contributed by atoms with Gasteiger partial charge in [0, 0.05) is 11.9 Å². The average molecular weight is 276 g/mol. The van der Waals surface area contributed by atoms with Gasteiger partial charge < -0.3 is 0 Å². The maximum Gasteiger partial charge on any atom is 0.240 e. The molecule has 1 aromatic rings. The monoisotopic (exact) mass is 275 g/mol. The van der Waals surface area contributed by atoms with Crippen molar-refractivity contribution in [2.75, 3.05) is 6.54 Å². The van der Waals surface area contributed by atoms with Crippen molar-refractivity contribution in [3.63, 3.8) is 0 Å². The number of rotatable bonds is 6. The predicted molar refractivity (Wildman–Crippen MR) is 70.9 cm³/mol. The first kappa shape index (κ1) is 14.5. The molecule has 0 radical (unpaired) electrons. The normalized spacial score (nSPS) is 13.6. The van der Waals surface area contributed by atoms with Crippen molar-refractivity contribution < 1.29 is 8.42 Å². The van der Waals surface area contributed by atoms with E-state index >= 15 is 0 Å². The van der Waals surface area contributed by atoms with E-state index in [-0.39, 0.29) is 5.38 Å². The summed E-state index contributed by atoms with van der Waals surface area (Å²) in [4.78, 5) is 0.297. The highest BCUT2D eigenvalue weighted by atomic mass is 35.5. The Hall–Kier alpha value is -0.580. The molecule has 0 aromatic heterocycles. The molecule has 1 unspecified atom stereocenters. The van der Waals surface area contributed by atoms with Crippen LogP contribution < -0.4 is 4.72 Å². The minimum Gasteiger partial charge on any atom is -0.211 e. The lowest BCUT2D eigenvalue weighted by Crippen LogP contribution is -2.23. The third kappa shape index (κ3) is 4.30. The fourth-order valence-corrected chi connectivity index (χ4v) is 2.70. The second kappa shape index (κ2) is 6.38. The molecule has 0 bridgehead atoms. The van der Waals surface area contributed by atoms with Crippen LogP contribution in [-0.4, -0.2) is 20.3 Å². The largest absolute Gasteiger partial charge is 0.240 e. The Balaban J connectivity index is 2.81. The van der Waals surface area contributed by atoms with E-state index < -0.39 is 10.0 Å². The maximum atomic E-state index is 11.7. The van der Waals surface area contributed by atoms with Crippen LogP contribution in [0.1, 0.15) is 25.8 Å². The van der Waals surface area contributed by atoms with Crippen LogP contribution in [-0.2, 0) is 16.4 Å². The van der Waals surface area contributed by atoms with E-state index in [4.69, 9.17) is 11.6 Å². The standard InChI is InChI=1S/C12H18ClNO2S/c1-3-11(13)9-10-5-7-12(8-6-10)17(15,16)14-4-2/h5-8,11,14H,3-4,9H2,1-2H3. The molecule has 1 N–H and O–H groups in total. The van der Waals surface area contributed by atoms with Crippen LogP contribution in [0.5, 0.6) is 0 Å². The number of benzene rings is 1. The third-order valence-electron chi connectivity index (χ3n) is 2.47. The Bertz CT molecular complexity index is 442. The van der Waals surface area contributed by atoms with E-state index in [1.54, 1.807) is 19.1 Å². The molecule has 0 saturated heterocycles. The summed E-state index contributed by atoms with van der Waals surface area (Å²) >= 11 is 6.05. The summed E-state index contributed by atoms with van der Waals surface area (Å²) in [6, 6.07) is 6.86. The summed E-state index contributed by atoms with van der Waals surface area (Å²) in [6.07, 6.45) is 1.67. The van der Waals surface area contributed by atoms with Crippen molar-refractivity contribution >= 4 is 21.6 Å². The lowest BCUT2D eigenvalue weighted by molar-refractivity contribution is 0.584. The van der Waals surface area contributed by atoms with Crippen LogP contribution in [0.3, 0.4) is 0 Å². The van der Waals surface area contributed by atoms with E-state index in [9.17, 15) is 8.42 Å². The van der Waals surface area contributed by atoms with Crippen molar-refractivity contribution in [3.05, 3.63) is 29.8 Å². The van der Waals surface area contributed by atoms with Crippen LogP contribution >= 0.6 is 11.6 Å². The molecule has 0 fully saturated rings. The molecule has 3 nitrogen and oxygen atoms in total. The predicted octanol–water partition coefficient (Wildman–Crippen LogP) is 2.54. The van der Waals surface area contributed by atoms with Gasteiger partial charge in [0.1, 0.15) is 0 Å². The molecular weight excluding hydrogens is 258 g/mol. The molecule has 0 aliphatic carbocycles. The smallest absolute Gasteiger partial charge is 0.211 e. The van der Waals surface area contributed by atoms with Crippen LogP contribution in [0.15, 0.2) is 29.2 Å². The van der Waals surface area contributed by atoms with Gasteiger partial charge in [-0.3, -0.25) is 0 Å². The zero-order valence-electron chi connectivity index (χ0n) is 10.1. The highest BCUT2D eigenvalue weighted by molar-refractivity contribution is 7.89. The van der Waals surface area contributed by atoms with Crippen molar-refractivity contribution in [1.82, 2.24) is 4.72 Å². The molecule has 0 spiro atoms. The molecular formula is C12H18ClNO2S. The van der Waals surface area contributed by atoms with Gasteiger partial charge in [0.05, 0.1) is 4.90 Å². The van der Waals surface area contributed by atoms with E-state index in [1.807, 2.05) is 19.1 Å². The molecule has 96 valence electrons. The number of hydrogen-bond donors (Lipinski definition) is 1. The first-order valence-electron chi connectivity index (χ1n) is 5.72. The van der Waals surface area contributed by atoms with Gasteiger partial charge in [-0.2, -0.15) is 0 Å².